The molecule has 3 nitrogen and oxygen atoms in total. The first-order chi connectivity index (χ1) is 8.65. The van der Waals surface area contributed by atoms with Gasteiger partial charge >= 0.3 is 0 Å². The number of carbonyl (C=O) groups excluding carboxylic acids is 1. The lowest BCUT2D eigenvalue weighted by Crippen LogP contribution is -2.14. The Kier molecular flexibility index (Phi) is 3.57. The number of aromatic hydroxyl groups is 1. The standard InChI is InChI=1S/C14H12FNO2/c15-11-7-5-10(6-8-11)9-14(18)16-12-3-1-2-4-13(12)17/h1-8,17H,9H2,(H,16,18). The number of phenols is 1. The molecule has 92 valence electrons. The van der Waals surface area contributed by atoms with Crippen LogP contribution in [0.3, 0.4) is 0 Å². The van der Waals surface area contributed by atoms with Crippen molar-refractivity contribution >= 4 is 11.6 Å². The zero-order valence-electron chi connectivity index (χ0n) is 9.56. The highest BCUT2D eigenvalue weighted by Crippen LogP contribution is 2.21. The van der Waals surface area contributed by atoms with Gasteiger partial charge in [-0.3, -0.25) is 4.79 Å². The third-order valence-corrected chi connectivity index (χ3v) is 2.46. The van der Waals surface area contributed by atoms with E-state index in [9.17, 15) is 14.3 Å². The molecule has 2 aromatic carbocycles. The molecule has 0 unspecified atom stereocenters. The highest BCUT2D eigenvalue weighted by atomic mass is 19.1. The SMILES string of the molecule is O=C(Cc1ccc(F)cc1)Nc1ccccc1O. The molecular weight excluding hydrogens is 233 g/mol. The minimum atomic E-state index is -0.333. The Morgan fingerprint density at radius 2 is 1.78 bits per heavy atom. The zero-order chi connectivity index (χ0) is 13.0. The monoisotopic (exact) mass is 245 g/mol. The van der Waals surface area contributed by atoms with Crippen LogP contribution >= 0.6 is 0 Å². The van der Waals surface area contributed by atoms with Crippen molar-refractivity contribution in [3.63, 3.8) is 0 Å². The number of hydrogen-bond donors (Lipinski definition) is 2. The van der Waals surface area contributed by atoms with Crippen LogP contribution in [0.2, 0.25) is 0 Å². The first-order valence-electron chi connectivity index (χ1n) is 5.47. The number of amides is 1. The van der Waals surface area contributed by atoms with E-state index in [1.54, 1.807) is 30.3 Å². The molecule has 0 aliphatic heterocycles. The van der Waals surface area contributed by atoms with Gasteiger partial charge in [0.25, 0.3) is 0 Å². The van der Waals surface area contributed by atoms with Gasteiger partial charge in [0.05, 0.1) is 12.1 Å². The van der Waals surface area contributed by atoms with Crippen LogP contribution in [0.4, 0.5) is 10.1 Å². The van der Waals surface area contributed by atoms with Gasteiger partial charge in [0.15, 0.2) is 0 Å². The fraction of sp³-hybridized carbons (Fsp3) is 0.0714. The quantitative estimate of drug-likeness (QED) is 0.817. The van der Waals surface area contributed by atoms with Crippen molar-refractivity contribution in [2.24, 2.45) is 0 Å². The number of phenolic OH excluding ortho intramolecular Hbond substituents is 1. The van der Waals surface area contributed by atoms with Crippen LogP contribution in [0.15, 0.2) is 48.5 Å². The summed E-state index contributed by atoms with van der Waals surface area (Å²) in [5.74, 6) is -0.576. The molecule has 0 aromatic heterocycles. The fourth-order valence-electron chi connectivity index (χ4n) is 1.56. The summed E-state index contributed by atoms with van der Waals surface area (Å²) in [4.78, 5) is 11.7. The van der Waals surface area contributed by atoms with E-state index in [1.165, 1.54) is 18.2 Å². The van der Waals surface area contributed by atoms with E-state index in [0.717, 1.165) is 0 Å². The molecule has 0 saturated carbocycles. The second kappa shape index (κ2) is 5.31. The van der Waals surface area contributed by atoms with Crippen LogP contribution in [-0.4, -0.2) is 11.0 Å². The summed E-state index contributed by atoms with van der Waals surface area (Å²) >= 11 is 0. The van der Waals surface area contributed by atoms with E-state index in [2.05, 4.69) is 5.32 Å². The van der Waals surface area contributed by atoms with Gasteiger partial charge < -0.3 is 10.4 Å². The predicted octanol–water partition coefficient (Wildman–Crippen LogP) is 2.71. The van der Waals surface area contributed by atoms with Crippen molar-refractivity contribution in [2.45, 2.75) is 6.42 Å². The number of halogens is 1. The summed E-state index contributed by atoms with van der Waals surface area (Å²) in [7, 11) is 0. The van der Waals surface area contributed by atoms with Crippen LogP contribution in [0.1, 0.15) is 5.56 Å². The Bertz CT molecular complexity index is 552. The fourth-order valence-corrected chi connectivity index (χ4v) is 1.56. The molecule has 0 bridgehead atoms. The van der Waals surface area contributed by atoms with E-state index in [4.69, 9.17) is 0 Å². The molecule has 1 amide bonds. The van der Waals surface area contributed by atoms with E-state index < -0.39 is 0 Å². The second-order valence-corrected chi connectivity index (χ2v) is 3.87. The summed E-state index contributed by atoms with van der Waals surface area (Å²) < 4.78 is 12.7. The van der Waals surface area contributed by atoms with Gasteiger partial charge in [-0.05, 0) is 29.8 Å². The summed E-state index contributed by atoms with van der Waals surface area (Å²) in [5.41, 5.74) is 1.08. The lowest BCUT2D eigenvalue weighted by atomic mass is 10.1. The van der Waals surface area contributed by atoms with Crippen LogP contribution < -0.4 is 5.32 Å². The lowest BCUT2D eigenvalue weighted by Gasteiger charge is -2.06. The zero-order valence-corrected chi connectivity index (χ0v) is 9.56. The highest BCUT2D eigenvalue weighted by Gasteiger charge is 2.06. The number of anilines is 1. The lowest BCUT2D eigenvalue weighted by molar-refractivity contribution is -0.115. The van der Waals surface area contributed by atoms with E-state index in [-0.39, 0.29) is 23.9 Å². The van der Waals surface area contributed by atoms with E-state index in [0.29, 0.717) is 11.3 Å². The van der Waals surface area contributed by atoms with Gasteiger partial charge in [-0.1, -0.05) is 24.3 Å². The minimum absolute atomic E-state index is 0.0185. The normalized spacial score (nSPS) is 10.1. The first kappa shape index (κ1) is 12.1. The van der Waals surface area contributed by atoms with Gasteiger partial charge in [-0.15, -0.1) is 0 Å². The summed E-state index contributed by atoms with van der Waals surface area (Å²) in [6, 6.07) is 12.2. The molecule has 4 heteroatoms. The molecule has 0 atom stereocenters. The van der Waals surface area contributed by atoms with Crippen LogP contribution in [0.25, 0.3) is 0 Å². The van der Waals surface area contributed by atoms with Gasteiger partial charge in [-0.25, -0.2) is 4.39 Å². The third-order valence-electron chi connectivity index (χ3n) is 2.46. The minimum Gasteiger partial charge on any atom is -0.506 e. The topological polar surface area (TPSA) is 49.3 Å². The molecule has 0 radical (unpaired) electrons. The molecule has 0 aliphatic carbocycles. The van der Waals surface area contributed by atoms with Crippen molar-refractivity contribution in [3.8, 4) is 5.75 Å². The Hall–Kier alpha value is -2.36. The largest absolute Gasteiger partial charge is 0.506 e. The summed E-state index contributed by atoms with van der Waals surface area (Å²) in [5, 5.41) is 12.1. The molecule has 0 fully saturated rings. The maximum Gasteiger partial charge on any atom is 0.228 e. The number of para-hydroxylation sites is 2. The molecule has 2 rings (SSSR count). The molecule has 0 aliphatic rings. The Balaban J connectivity index is 2.01. The Morgan fingerprint density at radius 3 is 2.44 bits per heavy atom. The van der Waals surface area contributed by atoms with Gasteiger partial charge in [0, 0.05) is 0 Å². The predicted molar refractivity (Wildman–Crippen MR) is 66.8 cm³/mol. The van der Waals surface area contributed by atoms with Crippen LogP contribution in [-0.2, 0) is 11.2 Å². The Labute approximate surface area is 104 Å². The molecule has 0 spiro atoms. The van der Waals surface area contributed by atoms with E-state index in [1.807, 2.05) is 0 Å². The van der Waals surface area contributed by atoms with Gasteiger partial charge in [-0.2, -0.15) is 0 Å². The maximum absolute atomic E-state index is 12.7. The van der Waals surface area contributed by atoms with Crippen molar-refractivity contribution in [1.82, 2.24) is 0 Å². The molecule has 0 heterocycles. The van der Waals surface area contributed by atoms with Crippen LogP contribution in [0, 0.1) is 5.82 Å². The van der Waals surface area contributed by atoms with Gasteiger partial charge in [0.1, 0.15) is 11.6 Å². The van der Waals surface area contributed by atoms with Crippen LogP contribution in [0.5, 0.6) is 5.75 Å². The number of hydrogen-bond acceptors (Lipinski definition) is 2. The second-order valence-electron chi connectivity index (χ2n) is 3.87. The third kappa shape index (κ3) is 3.07. The molecule has 0 saturated heterocycles. The number of benzene rings is 2. The van der Waals surface area contributed by atoms with Crippen molar-refractivity contribution in [2.75, 3.05) is 5.32 Å². The smallest absolute Gasteiger partial charge is 0.228 e. The van der Waals surface area contributed by atoms with Crippen molar-refractivity contribution < 1.29 is 14.3 Å². The number of carbonyl (C=O) groups is 1. The maximum atomic E-state index is 12.7. The van der Waals surface area contributed by atoms with E-state index >= 15 is 0 Å². The average Bonchev–Trinajstić information content (AvgIpc) is 2.35. The van der Waals surface area contributed by atoms with Gasteiger partial charge in [0.2, 0.25) is 5.91 Å². The molecule has 2 N–H and O–H groups in total. The summed E-state index contributed by atoms with van der Waals surface area (Å²) in [6.45, 7) is 0. The molecule has 18 heavy (non-hydrogen) atoms. The molecule has 2 aromatic rings. The van der Waals surface area contributed by atoms with Crippen molar-refractivity contribution in [1.29, 1.82) is 0 Å². The number of rotatable bonds is 3. The van der Waals surface area contributed by atoms with Crippen molar-refractivity contribution in [3.05, 3.63) is 59.9 Å². The average molecular weight is 245 g/mol. The first-order valence-corrected chi connectivity index (χ1v) is 5.47. The Morgan fingerprint density at radius 1 is 1.11 bits per heavy atom. The number of nitrogens with one attached hydrogen (secondary N) is 1. The summed E-state index contributed by atoms with van der Waals surface area (Å²) in [6.07, 6.45) is 0.134. The molecular formula is C14H12FNO2. The highest BCUT2D eigenvalue weighted by molar-refractivity contribution is 5.93.